The van der Waals surface area contributed by atoms with Crippen molar-refractivity contribution in [3.05, 3.63) is 83.2 Å². The normalized spacial score (nSPS) is 16.8. The zero-order chi connectivity index (χ0) is 20.8. The minimum absolute atomic E-state index is 0.145. The second-order valence-corrected chi connectivity index (χ2v) is 7.09. The predicted molar refractivity (Wildman–Crippen MR) is 110 cm³/mol. The molecule has 2 aliphatic heterocycles. The molecule has 0 spiro atoms. The summed E-state index contributed by atoms with van der Waals surface area (Å²) < 4.78 is 10.9. The van der Waals surface area contributed by atoms with Crippen molar-refractivity contribution in [1.29, 1.82) is 0 Å². The molecule has 3 aromatic rings. The summed E-state index contributed by atoms with van der Waals surface area (Å²) in [5, 5.41) is 0. The number of hydrogen-bond donors (Lipinski definition) is 0. The molecule has 0 aliphatic carbocycles. The molecule has 0 saturated carbocycles. The van der Waals surface area contributed by atoms with E-state index in [1.807, 2.05) is 30.3 Å². The molecule has 1 aromatic heterocycles. The Morgan fingerprint density at radius 1 is 0.933 bits per heavy atom. The van der Waals surface area contributed by atoms with Gasteiger partial charge in [-0.3, -0.25) is 19.5 Å². The summed E-state index contributed by atoms with van der Waals surface area (Å²) in [6.07, 6.45) is 1.11. The summed E-state index contributed by atoms with van der Waals surface area (Å²) in [6.45, 7) is 0.274. The topological polar surface area (TPSA) is 72.0 Å². The molecule has 1 unspecified atom stereocenters. The van der Waals surface area contributed by atoms with E-state index in [0.29, 0.717) is 33.9 Å². The van der Waals surface area contributed by atoms with E-state index in [4.69, 9.17) is 9.47 Å². The lowest BCUT2D eigenvalue weighted by atomic mass is 10.0. The van der Waals surface area contributed by atoms with Crippen molar-refractivity contribution in [1.82, 2.24) is 9.88 Å². The van der Waals surface area contributed by atoms with E-state index >= 15 is 0 Å². The van der Waals surface area contributed by atoms with E-state index in [2.05, 4.69) is 4.98 Å². The average molecular weight is 401 g/mol. The summed E-state index contributed by atoms with van der Waals surface area (Å²) in [5.41, 5.74) is 2.93. The lowest BCUT2D eigenvalue weighted by molar-refractivity contribution is 0.0627. The molecule has 30 heavy (non-hydrogen) atoms. The monoisotopic (exact) mass is 401 g/mol. The van der Waals surface area contributed by atoms with Crippen LogP contribution in [0.3, 0.4) is 0 Å². The number of ether oxygens (including phenoxy) is 2. The number of carbonyl (C=O) groups excluding carboxylic acids is 2. The molecule has 2 aliphatic rings. The van der Waals surface area contributed by atoms with Gasteiger partial charge in [0.2, 0.25) is 0 Å². The van der Waals surface area contributed by atoms with Crippen LogP contribution in [0.15, 0.2) is 60.8 Å². The number of para-hydroxylation sites is 1. The van der Waals surface area contributed by atoms with E-state index in [-0.39, 0.29) is 18.4 Å². The number of benzene rings is 2. The lowest BCUT2D eigenvalue weighted by Gasteiger charge is -2.40. The minimum Gasteiger partial charge on any atom is -0.493 e. The standard InChI is InChI=1S/C23H19N3O4/c1-29-18-11-10-16-19(20(18)30-2)23(28)26-17-9-4-3-8-15(17)22(27)25(21(16)26)13-14-7-5-6-12-24-14/h3-12,21H,13H2,1-2H3. The summed E-state index contributed by atoms with van der Waals surface area (Å²) in [6, 6.07) is 16.3. The maximum absolute atomic E-state index is 13.6. The predicted octanol–water partition coefficient (Wildman–Crippen LogP) is 3.41. The van der Waals surface area contributed by atoms with E-state index in [1.54, 1.807) is 40.3 Å². The molecule has 2 amide bonds. The highest BCUT2D eigenvalue weighted by Crippen LogP contribution is 2.49. The Hall–Kier alpha value is -3.87. The molecule has 0 saturated heterocycles. The minimum atomic E-state index is -0.586. The van der Waals surface area contributed by atoms with Gasteiger partial charge in [-0.2, -0.15) is 0 Å². The van der Waals surface area contributed by atoms with Crippen LogP contribution in [-0.4, -0.2) is 35.9 Å². The highest BCUT2D eigenvalue weighted by Gasteiger charge is 2.49. The average Bonchev–Trinajstić information content (AvgIpc) is 3.09. The molecule has 1 atom stereocenters. The van der Waals surface area contributed by atoms with Crippen molar-refractivity contribution < 1.29 is 19.1 Å². The van der Waals surface area contributed by atoms with Crippen molar-refractivity contribution in [2.24, 2.45) is 0 Å². The number of amides is 2. The summed E-state index contributed by atoms with van der Waals surface area (Å²) >= 11 is 0. The van der Waals surface area contributed by atoms with Crippen LogP contribution in [0.25, 0.3) is 0 Å². The van der Waals surface area contributed by atoms with Crippen molar-refractivity contribution in [2.75, 3.05) is 19.1 Å². The van der Waals surface area contributed by atoms with Crippen molar-refractivity contribution >= 4 is 17.5 Å². The van der Waals surface area contributed by atoms with Gasteiger partial charge < -0.3 is 14.4 Å². The second-order valence-electron chi connectivity index (χ2n) is 7.09. The molecule has 5 rings (SSSR count). The van der Waals surface area contributed by atoms with Gasteiger partial charge in [0.25, 0.3) is 11.8 Å². The number of rotatable bonds is 4. The van der Waals surface area contributed by atoms with Crippen LogP contribution in [-0.2, 0) is 6.54 Å². The largest absolute Gasteiger partial charge is 0.493 e. The third-order valence-electron chi connectivity index (χ3n) is 5.54. The lowest BCUT2D eigenvalue weighted by Crippen LogP contribution is -2.47. The molecule has 150 valence electrons. The van der Waals surface area contributed by atoms with Crippen LogP contribution in [0.5, 0.6) is 11.5 Å². The Morgan fingerprint density at radius 3 is 2.47 bits per heavy atom. The first-order valence-corrected chi connectivity index (χ1v) is 9.54. The Labute approximate surface area is 173 Å². The number of hydrogen-bond acceptors (Lipinski definition) is 5. The van der Waals surface area contributed by atoms with Crippen LogP contribution in [0.1, 0.15) is 38.1 Å². The van der Waals surface area contributed by atoms with Crippen LogP contribution in [0, 0.1) is 0 Å². The number of pyridine rings is 1. The third-order valence-corrected chi connectivity index (χ3v) is 5.54. The van der Waals surface area contributed by atoms with Crippen LogP contribution in [0.4, 0.5) is 5.69 Å². The zero-order valence-corrected chi connectivity index (χ0v) is 16.5. The van der Waals surface area contributed by atoms with Gasteiger partial charge in [-0.25, -0.2) is 0 Å². The van der Waals surface area contributed by atoms with E-state index in [9.17, 15) is 9.59 Å². The van der Waals surface area contributed by atoms with Gasteiger partial charge in [-0.05, 0) is 30.3 Å². The molecule has 0 radical (unpaired) electrons. The fraction of sp³-hybridized carbons (Fsp3) is 0.174. The number of carbonyl (C=O) groups is 2. The third kappa shape index (κ3) is 2.48. The van der Waals surface area contributed by atoms with Crippen molar-refractivity contribution in [2.45, 2.75) is 12.7 Å². The first kappa shape index (κ1) is 18.2. The Bertz CT molecular complexity index is 1160. The second kappa shape index (κ2) is 6.88. The van der Waals surface area contributed by atoms with Gasteiger partial charge in [0.1, 0.15) is 6.17 Å². The van der Waals surface area contributed by atoms with E-state index < -0.39 is 6.17 Å². The first-order chi connectivity index (χ1) is 14.7. The molecule has 0 bridgehead atoms. The van der Waals surface area contributed by atoms with Crippen LogP contribution >= 0.6 is 0 Å². The SMILES string of the molecule is COc1ccc2c(c1OC)C(=O)N1c3ccccc3C(=O)N(Cc3ccccn3)C21. The number of anilines is 1. The zero-order valence-electron chi connectivity index (χ0n) is 16.5. The fourth-order valence-electron chi connectivity index (χ4n) is 4.25. The Balaban J connectivity index is 1.73. The van der Waals surface area contributed by atoms with Gasteiger partial charge in [-0.15, -0.1) is 0 Å². The van der Waals surface area contributed by atoms with Gasteiger partial charge >= 0.3 is 0 Å². The molecular formula is C23H19N3O4. The highest BCUT2D eigenvalue weighted by molar-refractivity contribution is 6.18. The van der Waals surface area contributed by atoms with Crippen LogP contribution < -0.4 is 14.4 Å². The summed E-state index contributed by atoms with van der Waals surface area (Å²) in [4.78, 5) is 34.8. The Morgan fingerprint density at radius 2 is 1.73 bits per heavy atom. The number of nitrogens with zero attached hydrogens (tertiary/aromatic N) is 3. The van der Waals surface area contributed by atoms with Crippen molar-refractivity contribution in [3.8, 4) is 11.5 Å². The molecule has 3 heterocycles. The maximum Gasteiger partial charge on any atom is 0.264 e. The fourth-order valence-corrected chi connectivity index (χ4v) is 4.25. The summed E-state index contributed by atoms with van der Waals surface area (Å²) in [7, 11) is 3.04. The highest BCUT2D eigenvalue weighted by atomic mass is 16.5. The molecular weight excluding hydrogens is 382 g/mol. The molecule has 0 N–H and O–H groups in total. The van der Waals surface area contributed by atoms with Gasteiger partial charge in [0.15, 0.2) is 11.5 Å². The molecule has 0 fully saturated rings. The van der Waals surface area contributed by atoms with E-state index in [1.165, 1.54) is 14.2 Å². The Kier molecular flexibility index (Phi) is 4.17. The van der Waals surface area contributed by atoms with Crippen molar-refractivity contribution in [3.63, 3.8) is 0 Å². The van der Waals surface area contributed by atoms with Gasteiger partial charge in [0, 0.05) is 11.8 Å². The molecule has 2 aromatic carbocycles. The number of fused-ring (bicyclic) bond motifs is 5. The quantitative estimate of drug-likeness (QED) is 0.670. The van der Waals surface area contributed by atoms with Crippen LogP contribution in [0.2, 0.25) is 0 Å². The number of aromatic nitrogens is 1. The summed E-state index contributed by atoms with van der Waals surface area (Å²) in [5.74, 6) is 0.474. The van der Waals surface area contributed by atoms with E-state index in [0.717, 1.165) is 5.69 Å². The first-order valence-electron chi connectivity index (χ1n) is 9.54. The number of methoxy groups -OCH3 is 2. The smallest absolute Gasteiger partial charge is 0.264 e. The molecule has 7 heteroatoms. The maximum atomic E-state index is 13.6. The molecule has 7 nitrogen and oxygen atoms in total. The van der Waals surface area contributed by atoms with Gasteiger partial charge in [0.05, 0.1) is 43.3 Å². The van der Waals surface area contributed by atoms with Gasteiger partial charge in [-0.1, -0.05) is 24.3 Å².